The molecule has 0 unspecified atom stereocenters. The maximum atomic E-state index is 2.37. The lowest BCUT2D eigenvalue weighted by Gasteiger charge is -2.39. The third-order valence-corrected chi connectivity index (χ3v) is 3.88. The van der Waals surface area contributed by atoms with Crippen LogP contribution >= 0.6 is 0 Å². The van der Waals surface area contributed by atoms with Crippen molar-refractivity contribution in [1.82, 2.24) is 0 Å². The van der Waals surface area contributed by atoms with Gasteiger partial charge in [0.25, 0.3) is 0 Å². The normalized spacial score (nSPS) is 17.1. The summed E-state index contributed by atoms with van der Waals surface area (Å²) in [5.41, 5.74) is 8.01. The van der Waals surface area contributed by atoms with Gasteiger partial charge in [-0.25, -0.2) is 5.57 Å². The number of hydrogen-bond donors (Lipinski definition) is 0. The molecule has 92 valence electrons. The average molecular weight is 236 g/mol. The van der Waals surface area contributed by atoms with E-state index in [2.05, 4.69) is 69.0 Å². The first-order chi connectivity index (χ1) is 8.59. The predicted octanol–water partition coefficient (Wildman–Crippen LogP) is 3.48. The standard InChI is InChI=1S/C17H18N/c1-11-9-12(2)18-14(4)13(3)15-7-5-6-8-16(15)17(18)10-11/h5-10H,1-4H3/q-1. The van der Waals surface area contributed by atoms with Crippen molar-refractivity contribution in [2.45, 2.75) is 27.7 Å². The van der Waals surface area contributed by atoms with Crippen LogP contribution in [0.5, 0.6) is 0 Å². The number of allylic oxidation sites excluding steroid dienone is 6. The monoisotopic (exact) mass is 236 g/mol. The highest BCUT2D eigenvalue weighted by Crippen LogP contribution is 2.36. The molecule has 1 nitrogen and oxygen atoms in total. The maximum Gasteiger partial charge on any atom is 0.105 e. The lowest BCUT2D eigenvalue weighted by molar-refractivity contribution is -0.661. The van der Waals surface area contributed by atoms with E-state index in [0.717, 1.165) is 0 Å². The Morgan fingerprint density at radius 1 is 1.17 bits per heavy atom. The third-order valence-electron chi connectivity index (χ3n) is 3.88. The maximum absolute atomic E-state index is 2.37. The Kier molecular flexibility index (Phi) is 2.37. The number of pyridine rings is 1. The van der Waals surface area contributed by atoms with Gasteiger partial charge >= 0.3 is 0 Å². The molecule has 1 heteroatoms. The number of hydrogen-bond acceptors (Lipinski definition) is 0. The van der Waals surface area contributed by atoms with Gasteiger partial charge in [0.1, 0.15) is 5.69 Å². The molecule has 0 aromatic carbocycles. The average Bonchev–Trinajstić information content (AvgIpc) is 2.35. The predicted molar refractivity (Wildman–Crippen MR) is 74.5 cm³/mol. The van der Waals surface area contributed by atoms with Crippen molar-refractivity contribution in [1.29, 1.82) is 0 Å². The molecule has 0 saturated heterocycles. The zero-order chi connectivity index (χ0) is 12.9. The van der Waals surface area contributed by atoms with Crippen molar-refractivity contribution in [3.8, 4) is 0 Å². The van der Waals surface area contributed by atoms with Crippen molar-refractivity contribution in [2.24, 2.45) is 0 Å². The van der Waals surface area contributed by atoms with Crippen LogP contribution in [-0.4, -0.2) is 0 Å². The lowest BCUT2D eigenvalue weighted by atomic mass is 9.84. The van der Waals surface area contributed by atoms with E-state index in [-0.39, 0.29) is 0 Å². The Morgan fingerprint density at radius 2 is 1.94 bits per heavy atom. The fourth-order valence-electron chi connectivity index (χ4n) is 2.95. The summed E-state index contributed by atoms with van der Waals surface area (Å²) in [5.74, 6) is 0. The molecule has 2 aliphatic rings. The highest BCUT2D eigenvalue weighted by molar-refractivity contribution is 5.84. The van der Waals surface area contributed by atoms with Gasteiger partial charge in [0.2, 0.25) is 0 Å². The van der Waals surface area contributed by atoms with E-state index in [1.54, 1.807) is 0 Å². The molecule has 1 aliphatic heterocycles. The minimum absolute atomic E-state index is 1.30. The van der Waals surface area contributed by atoms with Crippen molar-refractivity contribution < 1.29 is 4.57 Å². The van der Waals surface area contributed by atoms with E-state index in [1.807, 2.05) is 0 Å². The molecule has 0 atom stereocenters. The summed E-state index contributed by atoms with van der Waals surface area (Å²) in [6.45, 7) is 8.76. The molecule has 0 fully saturated rings. The van der Waals surface area contributed by atoms with Gasteiger partial charge in [0, 0.05) is 0 Å². The molecular formula is C17H18N-. The molecule has 1 aromatic heterocycles. The zero-order valence-corrected chi connectivity index (χ0v) is 11.4. The molecule has 3 rings (SSSR count). The first kappa shape index (κ1) is 11.2. The van der Waals surface area contributed by atoms with Crippen LogP contribution in [0.1, 0.15) is 30.8 Å². The molecule has 1 aromatic rings. The lowest BCUT2D eigenvalue weighted by Crippen LogP contribution is -2.48. The largest absolute Gasteiger partial charge is 0.299 e. The second-order valence-electron chi connectivity index (χ2n) is 5.15. The summed E-state index contributed by atoms with van der Waals surface area (Å²) in [6.07, 6.45) is 8.67. The Labute approximate surface area is 109 Å². The molecule has 0 spiro atoms. The summed E-state index contributed by atoms with van der Waals surface area (Å²) in [7, 11) is 0. The first-order valence-corrected chi connectivity index (χ1v) is 6.40. The van der Waals surface area contributed by atoms with Crippen molar-refractivity contribution in [2.75, 3.05) is 0 Å². The summed E-state index contributed by atoms with van der Waals surface area (Å²) >= 11 is 0. The van der Waals surface area contributed by atoms with Crippen LogP contribution in [0.25, 0.3) is 5.57 Å². The van der Waals surface area contributed by atoms with Crippen LogP contribution in [0, 0.1) is 26.3 Å². The molecule has 0 amide bonds. The molecule has 0 bridgehead atoms. The zero-order valence-electron chi connectivity index (χ0n) is 11.4. The number of aromatic nitrogens is 1. The molecule has 18 heavy (non-hydrogen) atoms. The molecule has 0 radical (unpaired) electrons. The topological polar surface area (TPSA) is 3.88 Å². The van der Waals surface area contributed by atoms with Crippen molar-refractivity contribution in [3.63, 3.8) is 0 Å². The van der Waals surface area contributed by atoms with Crippen LogP contribution < -0.4 is 4.57 Å². The number of fused-ring (bicyclic) bond motifs is 3. The highest BCUT2D eigenvalue weighted by Gasteiger charge is 2.22. The molecule has 0 saturated carbocycles. The fraction of sp³-hybridized carbons (Fsp3) is 0.235. The Balaban J connectivity index is 2.34. The Morgan fingerprint density at radius 3 is 2.72 bits per heavy atom. The van der Waals surface area contributed by atoms with Crippen molar-refractivity contribution >= 4 is 5.57 Å². The van der Waals surface area contributed by atoms with Gasteiger partial charge in [-0.15, -0.1) is 17.2 Å². The summed E-state index contributed by atoms with van der Waals surface area (Å²) < 4.78 is 2.37. The molecular weight excluding hydrogens is 218 g/mol. The van der Waals surface area contributed by atoms with Gasteiger partial charge in [-0.1, -0.05) is 12.5 Å². The van der Waals surface area contributed by atoms with E-state index in [1.165, 1.54) is 39.7 Å². The van der Waals surface area contributed by atoms with Crippen molar-refractivity contribution in [3.05, 3.63) is 70.9 Å². The van der Waals surface area contributed by atoms with Gasteiger partial charge in [-0.05, 0) is 32.9 Å². The number of rotatable bonds is 0. The van der Waals surface area contributed by atoms with Crippen LogP contribution in [0.3, 0.4) is 0 Å². The van der Waals surface area contributed by atoms with E-state index >= 15 is 0 Å². The van der Waals surface area contributed by atoms with E-state index < -0.39 is 0 Å². The van der Waals surface area contributed by atoms with E-state index in [0.29, 0.717) is 0 Å². The summed E-state index contributed by atoms with van der Waals surface area (Å²) in [5, 5.41) is 0. The Bertz CT molecular complexity index is 615. The van der Waals surface area contributed by atoms with Crippen LogP contribution in [0.4, 0.5) is 0 Å². The number of nitrogens with zero attached hydrogens (tertiary/aromatic N) is 1. The second-order valence-corrected chi connectivity index (χ2v) is 5.15. The Hall–Kier alpha value is -1.89. The quantitative estimate of drug-likeness (QED) is 0.479. The van der Waals surface area contributed by atoms with Crippen LogP contribution in [0.2, 0.25) is 0 Å². The van der Waals surface area contributed by atoms with Gasteiger partial charge in [0.05, 0.1) is 11.7 Å². The SMILES string of the molecule is CC1=C2[CH-]C=CC=C2c2cc(C)cc(C)[n+]2[C-]1C. The molecule has 1 aliphatic carbocycles. The van der Waals surface area contributed by atoms with E-state index in [9.17, 15) is 0 Å². The van der Waals surface area contributed by atoms with Gasteiger partial charge in [-0.3, -0.25) is 4.57 Å². The van der Waals surface area contributed by atoms with Crippen LogP contribution in [-0.2, 0) is 0 Å². The fourth-order valence-corrected chi connectivity index (χ4v) is 2.95. The minimum atomic E-state index is 1.30. The van der Waals surface area contributed by atoms with Crippen LogP contribution in [0.15, 0.2) is 41.5 Å². The molecule has 2 heterocycles. The van der Waals surface area contributed by atoms with Gasteiger partial charge in [0.15, 0.2) is 0 Å². The first-order valence-electron chi connectivity index (χ1n) is 6.40. The highest BCUT2D eigenvalue weighted by atomic mass is 15.0. The summed E-state index contributed by atoms with van der Waals surface area (Å²) in [4.78, 5) is 0. The smallest absolute Gasteiger partial charge is 0.105 e. The van der Waals surface area contributed by atoms with E-state index in [4.69, 9.17) is 0 Å². The van der Waals surface area contributed by atoms with Gasteiger partial charge < -0.3 is 0 Å². The minimum Gasteiger partial charge on any atom is -0.299 e. The second kappa shape index (κ2) is 3.81. The van der Waals surface area contributed by atoms with Gasteiger partial charge in [-0.2, -0.15) is 18.6 Å². The summed E-state index contributed by atoms with van der Waals surface area (Å²) in [6, 6.07) is 5.86. The third kappa shape index (κ3) is 1.43. The number of aryl methyl sites for hydroxylation is 2. The molecule has 0 N–H and O–H groups in total.